The first-order chi connectivity index (χ1) is 18.1. The van der Waals surface area contributed by atoms with Gasteiger partial charge in [0.2, 0.25) is 0 Å². The second-order valence-corrected chi connectivity index (χ2v) is 9.42. The van der Waals surface area contributed by atoms with Gasteiger partial charge in [0, 0.05) is 16.9 Å². The normalized spacial score (nSPS) is 13.3. The maximum absolute atomic E-state index is 13.1. The number of carbonyl (C=O) groups excluding carboxylic acids is 4. The first-order valence-corrected chi connectivity index (χ1v) is 12.3. The van der Waals surface area contributed by atoms with Gasteiger partial charge in [-0.2, -0.15) is 0 Å². The van der Waals surface area contributed by atoms with Gasteiger partial charge in [-0.1, -0.05) is 23.7 Å². The van der Waals surface area contributed by atoms with Crippen molar-refractivity contribution in [2.24, 2.45) is 0 Å². The van der Waals surface area contributed by atoms with Gasteiger partial charge in [-0.25, -0.2) is 9.69 Å². The molecule has 0 atom stereocenters. The number of esters is 1. The number of rotatable bonds is 7. The molecule has 0 saturated carbocycles. The Kier molecular flexibility index (Phi) is 7.64. The molecule has 0 radical (unpaired) electrons. The molecule has 0 unspecified atom stereocenters. The third-order valence-electron chi connectivity index (χ3n) is 5.98. The fourth-order valence-electron chi connectivity index (χ4n) is 3.83. The lowest BCUT2D eigenvalue weighted by atomic mass is 10.1. The van der Waals surface area contributed by atoms with Gasteiger partial charge in [0.1, 0.15) is 10.7 Å². The summed E-state index contributed by atoms with van der Waals surface area (Å²) in [6.07, 6.45) is -0.227. The Morgan fingerprint density at radius 2 is 1.45 bits per heavy atom. The van der Waals surface area contributed by atoms with Crippen LogP contribution in [0, 0.1) is 13.8 Å². The van der Waals surface area contributed by atoms with E-state index in [0.29, 0.717) is 28.2 Å². The minimum absolute atomic E-state index is 0.0362. The van der Waals surface area contributed by atoms with Gasteiger partial charge in [0.05, 0.1) is 17.4 Å². The molecule has 0 spiro atoms. The molecule has 4 rings (SSSR count). The van der Waals surface area contributed by atoms with Gasteiger partial charge < -0.3 is 15.4 Å². The van der Waals surface area contributed by atoms with Crippen molar-refractivity contribution in [2.45, 2.75) is 33.8 Å². The number of anilines is 3. The molecule has 2 N–H and O–H groups in total. The van der Waals surface area contributed by atoms with Crippen LogP contribution in [0.15, 0.2) is 77.5 Å². The highest BCUT2D eigenvalue weighted by Gasteiger charge is 2.39. The van der Waals surface area contributed by atoms with Gasteiger partial charge in [-0.3, -0.25) is 14.4 Å². The smallest absolute Gasteiger partial charge is 0.338 e. The van der Waals surface area contributed by atoms with Crippen molar-refractivity contribution in [3.8, 4) is 0 Å². The Bertz CT molecular complexity index is 1460. The largest absolute Gasteiger partial charge is 0.459 e. The number of nitrogens with one attached hydrogen (secondary N) is 2. The summed E-state index contributed by atoms with van der Waals surface area (Å²) in [5.74, 6) is -1.96. The molecule has 0 saturated heterocycles. The molecule has 0 fully saturated rings. The molecule has 3 aromatic rings. The van der Waals surface area contributed by atoms with Crippen LogP contribution < -0.4 is 15.5 Å². The van der Waals surface area contributed by atoms with E-state index in [9.17, 15) is 19.2 Å². The Hall–Kier alpha value is -4.43. The van der Waals surface area contributed by atoms with E-state index in [0.717, 1.165) is 16.0 Å². The number of nitrogens with zero attached hydrogens (tertiary/aromatic N) is 1. The van der Waals surface area contributed by atoms with Crippen molar-refractivity contribution >= 4 is 52.4 Å². The molecule has 1 aliphatic heterocycles. The molecule has 3 amide bonds. The first-order valence-electron chi connectivity index (χ1n) is 11.9. The maximum atomic E-state index is 13.1. The van der Waals surface area contributed by atoms with Crippen molar-refractivity contribution in [3.05, 3.63) is 99.7 Å². The summed E-state index contributed by atoms with van der Waals surface area (Å²) in [6, 6.07) is 18.1. The number of amides is 3. The minimum Gasteiger partial charge on any atom is -0.459 e. The van der Waals surface area contributed by atoms with Crippen molar-refractivity contribution < 1.29 is 23.9 Å². The van der Waals surface area contributed by atoms with Crippen LogP contribution in [-0.2, 0) is 14.3 Å². The topological polar surface area (TPSA) is 105 Å². The van der Waals surface area contributed by atoms with Crippen molar-refractivity contribution in [2.75, 3.05) is 15.5 Å². The SMILES string of the molecule is Cc1cccc(N2C(=O)C(Cl)=C(Nc3ccc(C(=O)Nc4ccc(C(=O)OC(C)C)cc4)cc3)C2=O)c1C. The summed E-state index contributed by atoms with van der Waals surface area (Å²) < 4.78 is 5.16. The van der Waals surface area contributed by atoms with Gasteiger partial charge in [0.15, 0.2) is 0 Å². The average Bonchev–Trinajstić information content (AvgIpc) is 3.09. The lowest BCUT2D eigenvalue weighted by molar-refractivity contribution is -0.120. The van der Waals surface area contributed by atoms with Crippen LogP contribution >= 0.6 is 11.6 Å². The van der Waals surface area contributed by atoms with Crippen LogP contribution in [0.3, 0.4) is 0 Å². The molecule has 8 nitrogen and oxygen atoms in total. The van der Waals surface area contributed by atoms with Crippen LogP contribution in [0.5, 0.6) is 0 Å². The number of ether oxygens (including phenoxy) is 1. The third kappa shape index (κ3) is 5.45. The zero-order chi connectivity index (χ0) is 27.6. The zero-order valence-electron chi connectivity index (χ0n) is 21.3. The molecule has 38 heavy (non-hydrogen) atoms. The highest BCUT2D eigenvalue weighted by Crippen LogP contribution is 2.33. The zero-order valence-corrected chi connectivity index (χ0v) is 22.1. The summed E-state index contributed by atoms with van der Waals surface area (Å²) in [5, 5.41) is 5.47. The molecule has 9 heteroatoms. The predicted octanol–water partition coefficient (Wildman–Crippen LogP) is 5.56. The van der Waals surface area contributed by atoms with E-state index in [-0.39, 0.29) is 22.7 Å². The van der Waals surface area contributed by atoms with E-state index in [1.54, 1.807) is 74.5 Å². The summed E-state index contributed by atoms with van der Waals surface area (Å²) in [5.41, 5.74) is 3.93. The van der Waals surface area contributed by atoms with E-state index in [1.165, 1.54) is 0 Å². The van der Waals surface area contributed by atoms with Crippen LogP contribution in [0.25, 0.3) is 0 Å². The minimum atomic E-state index is -0.604. The summed E-state index contributed by atoms with van der Waals surface area (Å²) in [4.78, 5) is 51.6. The molecule has 1 aliphatic rings. The fourth-order valence-corrected chi connectivity index (χ4v) is 4.04. The summed E-state index contributed by atoms with van der Waals surface area (Å²) in [7, 11) is 0. The molecular weight excluding hydrogens is 506 g/mol. The first kappa shape index (κ1) is 26.6. The van der Waals surface area contributed by atoms with Gasteiger partial charge in [0.25, 0.3) is 17.7 Å². The van der Waals surface area contributed by atoms with E-state index >= 15 is 0 Å². The average molecular weight is 532 g/mol. The maximum Gasteiger partial charge on any atom is 0.338 e. The van der Waals surface area contributed by atoms with E-state index in [2.05, 4.69) is 10.6 Å². The van der Waals surface area contributed by atoms with Crippen LogP contribution in [-0.4, -0.2) is 29.8 Å². The van der Waals surface area contributed by atoms with E-state index < -0.39 is 17.8 Å². The molecule has 194 valence electrons. The summed E-state index contributed by atoms with van der Waals surface area (Å²) >= 11 is 6.25. The van der Waals surface area contributed by atoms with E-state index in [1.807, 2.05) is 19.9 Å². The lowest BCUT2D eigenvalue weighted by Gasteiger charge is -2.18. The van der Waals surface area contributed by atoms with Gasteiger partial charge in [-0.15, -0.1) is 0 Å². The Morgan fingerprint density at radius 1 is 0.842 bits per heavy atom. The number of imide groups is 1. The predicted molar refractivity (Wildman–Crippen MR) is 146 cm³/mol. The van der Waals surface area contributed by atoms with E-state index in [4.69, 9.17) is 16.3 Å². The molecule has 1 heterocycles. The Labute approximate surface area is 225 Å². The lowest BCUT2D eigenvalue weighted by Crippen LogP contribution is -2.33. The number of halogens is 1. The molecule has 0 aliphatic carbocycles. The number of hydrogen-bond donors (Lipinski definition) is 2. The standard InChI is InChI=1S/C29H26ClN3O5/c1-16(2)38-29(37)20-10-14-22(15-11-20)32-26(34)19-8-12-21(13-9-19)31-25-24(30)27(35)33(28(25)36)23-7-5-6-17(3)18(23)4/h5-16,31H,1-4H3,(H,32,34). The Morgan fingerprint density at radius 3 is 2.08 bits per heavy atom. The molecule has 3 aromatic carbocycles. The second kappa shape index (κ2) is 10.9. The fraction of sp³-hybridized carbons (Fsp3) is 0.172. The van der Waals surface area contributed by atoms with Gasteiger partial charge >= 0.3 is 5.97 Å². The van der Waals surface area contributed by atoms with Crippen LogP contribution in [0.4, 0.5) is 17.1 Å². The van der Waals surface area contributed by atoms with Crippen LogP contribution in [0.2, 0.25) is 0 Å². The van der Waals surface area contributed by atoms with Crippen molar-refractivity contribution in [1.29, 1.82) is 0 Å². The van der Waals surface area contributed by atoms with Crippen molar-refractivity contribution in [1.82, 2.24) is 0 Å². The summed E-state index contributed by atoms with van der Waals surface area (Å²) in [6.45, 7) is 7.27. The number of hydrogen-bond acceptors (Lipinski definition) is 6. The monoisotopic (exact) mass is 531 g/mol. The number of benzene rings is 3. The van der Waals surface area contributed by atoms with Crippen LogP contribution in [0.1, 0.15) is 45.7 Å². The molecule has 0 bridgehead atoms. The third-order valence-corrected chi connectivity index (χ3v) is 6.33. The van der Waals surface area contributed by atoms with Gasteiger partial charge in [-0.05, 0) is 93.4 Å². The highest BCUT2D eigenvalue weighted by atomic mass is 35.5. The molecular formula is C29H26ClN3O5. The molecule has 0 aromatic heterocycles. The number of carbonyl (C=O) groups is 4. The highest BCUT2D eigenvalue weighted by molar-refractivity contribution is 6.53. The quantitative estimate of drug-likeness (QED) is 0.305. The Balaban J connectivity index is 1.43. The number of aryl methyl sites for hydroxylation is 1. The second-order valence-electron chi connectivity index (χ2n) is 9.04. The van der Waals surface area contributed by atoms with Crippen molar-refractivity contribution in [3.63, 3.8) is 0 Å².